The number of sulfone groups is 1. The van der Waals surface area contributed by atoms with Crippen LogP contribution in [0.3, 0.4) is 0 Å². The van der Waals surface area contributed by atoms with Crippen LogP contribution in [0.15, 0.2) is 65.8 Å². The van der Waals surface area contributed by atoms with E-state index in [1.54, 1.807) is 18.5 Å². The molecule has 2 aliphatic rings. The molecule has 43 heavy (non-hydrogen) atoms. The number of H-pyrrole nitrogens is 1. The quantitative estimate of drug-likeness (QED) is 0.265. The van der Waals surface area contributed by atoms with Gasteiger partial charge in [-0.15, -0.1) is 0 Å². The van der Waals surface area contributed by atoms with Crippen LogP contribution in [-0.4, -0.2) is 72.5 Å². The summed E-state index contributed by atoms with van der Waals surface area (Å²) in [5.41, 5.74) is 11.4. The van der Waals surface area contributed by atoms with Crippen LogP contribution in [0.1, 0.15) is 53.5 Å². The van der Waals surface area contributed by atoms with Gasteiger partial charge < -0.3 is 15.7 Å². The maximum atomic E-state index is 13.4. The van der Waals surface area contributed by atoms with Gasteiger partial charge in [0, 0.05) is 47.1 Å². The van der Waals surface area contributed by atoms with Crippen molar-refractivity contribution >= 4 is 27.2 Å². The molecule has 12 nitrogen and oxygen atoms in total. The molecule has 7 rings (SSSR count). The number of aliphatic hydroxyl groups is 1. The topological polar surface area (TPSA) is 172 Å². The number of nitrogens with two attached hydrogens (primary N) is 1. The van der Waals surface area contributed by atoms with E-state index in [4.69, 9.17) is 10.7 Å². The van der Waals surface area contributed by atoms with E-state index in [9.17, 15) is 18.3 Å². The Hall–Kier alpha value is -4.62. The zero-order valence-electron chi connectivity index (χ0n) is 23.4. The molecule has 1 aromatic carbocycles. The summed E-state index contributed by atoms with van der Waals surface area (Å²) in [6, 6.07) is 15.1. The van der Waals surface area contributed by atoms with Crippen LogP contribution in [0.25, 0.3) is 28.0 Å². The lowest BCUT2D eigenvalue weighted by Gasteiger charge is -2.39. The van der Waals surface area contributed by atoms with Gasteiger partial charge in [-0.3, -0.25) is 14.9 Å². The molecule has 0 spiro atoms. The van der Waals surface area contributed by atoms with Gasteiger partial charge in [-0.25, -0.2) is 13.4 Å². The lowest BCUT2D eigenvalue weighted by Crippen LogP contribution is -2.46. The zero-order valence-corrected chi connectivity index (χ0v) is 24.2. The normalized spacial score (nSPS) is 20.1. The molecule has 4 aromatic heterocycles. The van der Waals surface area contributed by atoms with Crippen molar-refractivity contribution in [2.45, 2.75) is 55.2 Å². The Morgan fingerprint density at radius 2 is 1.81 bits per heavy atom. The second-order valence-electron chi connectivity index (χ2n) is 11.3. The molecular formula is C30H30N8O4S. The Labute approximate surface area is 247 Å². The number of nitrogens with one attached hydrogen (secondary N) is 1. The van der Waals surface area contributed by atoms with Gasteiger partial charge in [-0.1, -0.05) is 36.4 Å². The van der Waals surface area contributed by atoms with E-state index in [1.807, 2.05) is 47.4 Å². The number of nitrogen functional groups attached to an aromatic ring is 1. The summed E-state index contributed by atoms with van der Waals surface area (Å²) in [4.78, 5) is 24.8. The molecule has 1 amide bonds. The van der Waals surface area contributed by atoms with Crippen molar-refractivity contribution < 1.29 is 18.3 Å². The molecule has 2 unspecified atom stereocenters. The van der Waals surface area contributed by atoms with Crippen LogP contribution >= 0.6 is 0 Å². The number of fused-ring (bicyclic) bond motifs is 3. The Morgan fingerprint density at radius 1 is 1.07 bits per heavy atom. The molecule has 5 aromatic rings. The van der Waals surface area contributed by atoms with Gasteiger partial charge >= 0.3 is 0 Å². The summed E-state index contributed by atoms with van der Waals surface area (Å²) in [6.45, 7) is -0.233. The highest BCUT2D eigenvalue weighted by molar-refractivity contribution is 7.91. The van der Waals surface area contributed by atoms with Crippen molar-refractivity contribution in [2.75, 3.05) is 12.0 Å². The first-order valence-electron chi connectivity index (χ1n) is 14.1. The largest absolute Gasteiger partial charge is 0.390 e. The summed E-state index contributed by atoms with van der Waals surface area (Å²) in [6.07, 6.45) is 7.20. The average Bonchev–Trinajstić information content (AvgIpc) is 3.73. The number of benzene rings is 1. The Morgan fingerprint density at radius 3 is 2.44 bits per heavy atom. The van der Waals surface area contributed by atoms with Gasteiger partial charge in [0.1, 0.15) is 10.7 Å². The molecule has 2 fully saturated rings. The third-order valence-electron chi connectivity index (χ3n) is 8.55. The Bertz CT molecular complexity index is 1940. The molecule has 2 saturated heterocycles. The van der Waals surface area contributed by atoms with E-state index in [1.165, 1.54) is 4.52 Å². The number of aliphatic hydroxyl groups excluding tert-OH is 1. The van der Waals surface area contributed by atoms with Gasteiger partial charge in [-0.2, -0.15) is 14.7 Å². The summed E-state index contributed by atoms with van der Waals surface area (Å²) >= 11 is 0. The second-order valence-corrected chi connectivity index (χ2v) is 13.2. The molecule has 4 N–H and O–H groups in total. The number of nitrogens with zero attached hydrogens (tertiary/aromatic N) is 6. The Balaban J connectivity index is 1.26. The molecule has 2 bridgehead atoms. The number of carbonyl (C=O) groups is 1. The Kier molecular flexibility index (Phi) is 6.51. The van der Waals surface area contributed by atoms with Crippen LogP contribution in [0.5, 0.6) is 0 Å². The van der Waals surface area contributed by atoms with Gasteiger partial charge in [-0.05, 0) is 37.8 Å². The minimum absolute atomic E-state index is 0.0153. The maximum absolute atomic E-state index is 13.4. The van der Waals surface area contributed by atoms with E-state index >= 15 is 0 Å². The third kappa shape index (κ3) is 4.64. The molecule has 0 saturated carbocycles. The monoisotopic (exact) mass is 598 g/mol. The first-order valence-corrected chi connectivity index (χ1v) is 16.0. The highest BCUT2D eigenvalue weighted by Crippen LogP contribution is 2.45. The third-order valence-corrected chi connectivity index (χ3v) is 9.71. The van der Waals surface area contributed by atoms with E-state index in [2.05, 4.69) is 20.3 Å². The summed E-state index contributed by atoms with van der Waals surface area (Å²) in [5, 5.41) is 20.6. The van der Waals surface area contributed by atoms with Crippen LogP contribution < -0.4 is 5.73 Å². The number of piperidine rings is 1. The van der Waals surface area contributed by atoms with Crippen LogP contribution in [0, 0.1) is 0 Å². The van der Waals surface area contributed by atoms with Crippen LogP contribution in [0.2, 0.25) is 0 Å². The average molecular weight is 599 g/mol. The molecule has 0 radical (unpaired) electrons. The number of carbonyl (C=O) groups excluding carboxylic acids is 1. The number of amides is 1. The number of aromatic nitrogens is 6. The summed E-state index contributed by atoms with van der Waals surface area (Å²) < 4.78 is 27.6. The minimum atomic E-state index is -3.76. The van der Waals surface area contributed by atoms with Gasteiger partial charge in [0.2, 0.25) is 0 Å². The predicted molar refractivity (Wildman–Crippen MR) is 159 cm³/mol. The SMILES string of the molecule is CS(=O)(=O)c1c(C2CC3CCC(C2)N3C(=O)c2cc(CO)[nH]n2)nc2c(-c3ccc(-c4ccccc4)nc3)cnn2c1N. The highest BCUT2D eigenvalue weighted by atomic mass is 32.2. The molecule has 2 aliphatic heterocycles. The molecule has 6 heterocycles. The van der Waals surface area contributed by atoms with Crippen molar-refractivity contribution in [3.05, 3.63) is 78.0 Å². The fourth-order valence-electron chi connectivity index (χ4n) is 6.63. The number of pyridine rings is 1. The smallest absolute Gasteiger partial charge is 0.274 e. The van der Waals surface area contributed by atoms with Gasteiger partial charge in [0.05, 0.1) is 29.9 Å². The van der Waals surface area contributed by atoms with E-state index in [0.29, 0.717) is 35.4 Å². The number of hydrogen-bond acceptors (Lipinski definition) is 9. The fraction of sp³-hybridized carbons (Fsp3) is 0.300. The molecular weight excluding hydrogens is 568 g/mol. The number of anilines is 1. The highest BCUT2D eigenvalue weighted by Gasteiger charge is 2.46. The first-order chi connectivity index (χ1) is 20.7. The maximum Gasteiger partial charge on any atom is 0.274 e. The molecule has 2 atom stereocenters. The summed E-state index contributed by atoms with van der Waals surface area (Å²) in [7, 11) is -3.76. The van der Waals surface area contributed by atoms with Gasteiger partial charge in [0.25, 0.3) is 5.91 Å². The van der Waals surface area contributed by atoms with E-state index in [-0.39, 0.29) is 46.9 Å². The number of rotatable bonds is 6. The predicted octanol–water partition coefficient (Wildman–Crippen LogP) is 3.21. The van der Waals surface area contributed by atoms with E-state index < -0.39 is 9.84 Å². The van der Waals surface area contributed by atoms with Crippen molar-refractivity contribution in [2.24, 2.45) is 0 Å². The zero-order chi connectivity index (χ0) is 29.9. The summed E-state index contributed by atoms with van der Waals surface area (Å²) in [5.74, 6) is -0.411. The first kappa shape index (κ1) is 27.2. The van der Waals surface area contributed by atoms with Crippen molar-refractivity contribution in [3.63, 3.8) is 0 Å². The van der Waals surface area contributed by atoms with Crippen molar-refractivity contribution in [1.29, 1.82) is 0 Å². The molecule has 0 aliphatic carbocycles. The minimum Gasteiger partial charge on any atom is -0.390 e. The second kappa shape index (κ2) is 10.3. The van der Waals surface area contributed by atoms with Crippen molar-refractivity contribution in [1.82, 2.24) is 34.7 Å². The van der Waals surface area contributed by atoms with Crippen molar-refractivity contribution in [3.8, 4) is 22.4 Å². The van der Waals surface area contributed by atoms with Crippen LogP contribution in [0.4, 0.5) is 5.82 Å². The lowest BCUT2D eigenvalue weighted by molar-refractivity contribution is 0.0562. The fourth-order valence-corrected chi connectivity index (χ4v) is 7.69. The van der Waals surface area contributed by atoms with Gasteiger partial charge in [0.15, 0.2) is 21.2 Å². The molecule has 13 heteroatoms. The lowest BCUT2D eigenvalue weighted by atomic mass is 9.87. The standard InChI is InChI=1S/C30H30N8O4S/c1-43(41,42)27-26(19-11-21-8-9-22(12-19)37(21)30(40)25-13-20(16-39)35-36-25)34-29-23(15-33-38(29)28(27)31)18-7-10-24(32-14-18)17-5-3-2-4-6-17/h2-7,10,13-15,19,21-22,39H,8-9,11-12,16,31H2,1H3,(H,35,36). The number of hydrogen-bond donors (Lipinski definition) is 3. The van der Waals surface area contributed by atoms with Crippen LogP contribution in [-0.2, 0) is 16.4 Å². The molecule has 220 valence electrons. The van der Waals surface area contributed by atoms with E-state index in [0.717, 1.165) is 35.9 Å². The number of aromatic amines is 1.